The van der Waals surface area contributed by atoms with Gasteiger partial charge in [0.15, 0.2) is 13.2 Å². The highest BCUT2D eigenvalue weighted by molar-refractivity contribution is 5.89. The van der Waals surface area contributed by atoms with Crippen LogP contribution in [0.15, 0.2) is 61.7 Å². The molecule has 2 rings (SSSR count). The molecule has 0 saturated carbocycles. The quantitative estimate of drug-likeness (QED) is 0.0514. The van der Waals surface area contributed by atoms with E-state index in [0.29, 0.717) is 76.2 Å². The molecule has 0 aliphatic rings. The number of unbranched alkanes of at least 4 members (excludes halogenated alkanes) is 4. The number of hydrogen-bond acceptors (Lipinski definition) is 8. The predicted octanol–water partition coefficient (Wildman–Crippen LogP) is 4.63. The maximum absolute atomic E-state index is 13.1. The van der Waals surface area contributed by atoms with Gasteiger partial charge in [-0.2, -0.15) is 0 Å². The third-order valence-electron chi connectivity index (χ3n) is 8.73. The largest absolute Gasteiger partial charge is 0.483 e. The first kappa shape index (κ1) is 45.5. The third kappa shape index (κ3) is 17.0. The van der Waals surface area contributed by atoms with Gasteiger partial charge in [-0.1, -0.05) is 51.0 Å². The Bertz CT molecular complexity index is 1480. The summed E-state index contributed by atoms with van der Waals surface area (Å²) in [6.07, 6.45) is 12.2. The van der Waals surface area contributed by atoms with Gasteiger partial charge in [0, 0.05) is 18.7 Å². The average Bonchev–Trinajstić information content (AvgIpc) is 3.16. The first-order valence-corrected chi connectivity index (χ1v) is 19.5. The number of ether oxygens (including phenoxy) is 2. The summed E-state index contributed by atoms with van der Waals surface area (Å²) in [5, 5.41) is 11.5. The van der Waals surface area contributed by atoms with Crippen LogP contribution in [0, 0.1) is 0 Å². The van der Waals surface area contributed by atoms with Gasteiger partial charge in [0.2, 0.25) is 11.8 Å². The Balaban J connectivity index is 2.24. The minimum Gasteiger partial charge on any atom is -0.483 e. The van der Waals surface area contributed by atoms with Crippen molar-refractivity contribution in [3.05, 3.63) is 72.8 Å². The molecule has 12 nitrogen and oxygen atoms in total. The average molecular weight is 749 g/mol. The standard InChI is InChI=1S/C42H64N6O6/c1-5-9-25-45-41(51)35(17-11-13-23-43)47-39(49)29-53-37-22-20-32(28-33(37)16-8-4)34-27-31(15-7-3)19-21-38(34)54-30-40(50)48-36(18-12-14-24-44)42(52)46-26-10-6-2/h7-8,19-22,27-28,35-36H,3-6,9-18,23-26,29-30,43-44H2,1-2H3,(H,45,51)(H,46,52)(H,47,49)(H,48,50). The summed E-state index contributed by atoms with van der Waals surface area (Å²) in [5.74, 6) is -0.251. The molecule has 54 heavy (non-hydrogen) atoms. The highest BCUT2D eigenvalue weighted by atomic mass is 16.5. The van der Waals surface area contributed by atoms with Gasteiger partial charge in [-0.15, -0.1) is 13.2 Å². The highest BCUT2D eigenvalue weighted by Gasteiger charge is 2.22. The van der Waals surface area contributed by atoms with Gasteiger partial charge < -0.3 is 42.2 Å². The van der Waals surface area contributed by atoms with Crippen molar-refractivity contribution in [2.75, 3.05) is 39.4 Å². The lowest BCUT2D eigenvalue weighted by Gasteiger charge is -2.20. The molecule has 0 spiro atoms. The summed E-state index contributed by atoms with van der Waals surface area (Å²) in [5.41, 5.74) is 14.7. The minimum atomic E-state index is -0.681. The Labute approximate surface area is 322 Å². The molecule has 4 amide bonds. The van der Waals surface area contributed by atoms with Crippen molar-refractivity contribution < 1.29 is 28.7 Å². The molecule has 0 aromatic heterocycles. The summed E-state index contributed by atoms with van der Waals surface area (Å²) in [7, 11) is 0. The number of benzene rings is 2. The normalized spacial score (nSPS) is 11.9. The van der Waals surface area contributed by atoms with E-state index in [1.165, 1.54) is 0 Å². The van der Waals surface area contributed by atoms with Gasteiger partial charge in [0.1, 0.15) is 23.6 Å². The van der Waals surface area contributed by atoms with E-state index in [2.05, 4.69) is 34.4 Å². The van der Waals surface area contributed by atoms with Crippen molar-refractivity contribution in [1.82, 2.24) is 21.3 Å². The molecule has 0 heterocycles. The fourth-order valence-electron chi connectivity index (χ4n) is 5.73. The van der Waals surface area contributed by atoms with Crippen LogP contribution in [0.1, 0.15) is 89.2 Å². The monoisotopic (exact) mass is 748 g/mol. The molecule has 2 aromatic rings. The van der Waals surface area contributed by atoms with Gasteiger partial charge in [-0.3, -0.25) is 19.2 Å². The fraction of sp³-hybridized carbons (Fsp3) is 0.524. The van der Waals surface area contributed by atoms with Crippen LogP contribution >= 0.6 is 0 Å². The third-order valence-corrected chi connectivity index (χ3v) is 8.73. The molecule has 0 radical (unpaired) electrons. The Kier molecular flexibility index (Phi) is 22.7. The number of amides is 4. The molecule has 2 unspecified atom stereocenters. The lowest BCUT2D eigenvalue weighted by atomic mass is 9.97. The summed E-state index contributed by atoms with van der Waals surface area (Å²) >= 11 is 0. The number of hydrogen-bond donors (Lipinski definition) is 6. The van der Waals surface area contributed by atoms with E-state index in [1.54, 1.807) is 12.1 Å². The number of nitrogens with two attached hydrogens (primary N) is 2. The molecule has 0 fully saturated rings. The number of nitrogens with one attached hydrogen (secondary N) is 4. The Morgan fingerprint density at radius 2 is 1.20 bits per heavy atom. The number of rotatable bonds is 29. The second-order valence-corrected chi connectivity index (χ2v) is 13.3. The molecular formula is C42H64N6O6. The van der Waals surface area contributed by atoms with Gasteiger partial charge in [0.25, 0.3) is 11.8 Å². The van der Waals surface area contributed by atoms with Crippen LogP contribution in [-0.2, 0) is 32.0 Å². The molecule has 298 valence electrons. The number of carbonyl (C=O) groups excluding carboxylic acids is 4. The molecule has 0 aliphatic heterocycles. The zero-order valence-electron chi connectivity index (χ0n) is 32.5. The van der Waals surface area contributed by atoms with Gasteiger partial charge in [-0.25, -0.2) is 0 Å². The van der Waals surface area contributed by atoms with Crippen LogP contribution in [0.3, 0.4) is 0 Å². The smallest absolute Gasteiger partial charge is 0.258 e. The number of carbonyl (C=O) groups is 4. The van der Waals surface area contributed by atoms with E-state index < -0.39 is 23.9 Å². The van der Waals surface area contributed by atoms with Gasteiger partial charge in [0.05, 0.1) is 0 Å². The number of allylic oxidation sites excluding steroid dienone is 2. The summed E-state index contributed by atoms with van der Waals surface area (Å²) in [6, 6.07) is 9.98. The van der Waals surface area contributed by atoms with Crippen molar-refractivity contribution in [2.45, 2.75) is 103 Å². The minimum absolute atomic E-state index is 0.213. The molecule has 12 heteroatoms. The zero-order chi connectivity index (χ0) is 39.6. The molecular weight excluding hydrogens is 684 g/mol. The Morgan fingerprint density at radius 1 is 0.685 bits per heavy atom. The van der Waals surface area contributed by atoms with Crippen LogP contribution in [0.5, 0.6) is 11.5 Å². The van der Waals surface area contributed by atoms with E-state index in [9.17, 15) is 19.2 Å². The van der Waals surface area contributed by atoms with Crippen LogP contribution in [0.25, 0.3) is 11.1 Å². The van der Waals surface area contributed by atoms with Crippen LogP contribution in [0.2, 0.25) is 0 Å². The Morgan fingerprint density at radius 3 is 1.70 bits per heavy atom. The van der Waals surface area contributed by atoms with Crippen molar-refractivity contribution in [2.24, 2.45) is 11.5 Å². The first-order valence-electron chi connectivity index (χ1n) is 19.5. The zero-order valence-corrected chi connectivity index (χ0v) is 32.5. The molecule has 2 atom stereocenters. The maximum atomic E-state index is 13.1. The highest BCUT2D eigenvalue weighted by Crippen LogP contribution is 2.34. The summed E-state index contributed by atoms with van der Waals surface area (Å²) in [4.78, 5) is 51.8. The van der Waals surface area contributed by atoms with E-state index in [4.69, 9.17) is 20.9 Å². The van der Waals surface area contributed by atoms with E-state index in [1.807, 2.05) is 50.3 Å². The van der Waals surface area contributed by atoms with Crippen molar-refractivity contribution in [1.29, 1.82) is 0 Å². The maximum Gasteiger partial charge on any atom is 0.258 e. The molecule has 0 bridgehead atoms. The van der Waals surface area contributed by atoms with Crippen LogP contribution in [-0.4, -0.2) is 75.1 Å². The summed E-state index contributed by atoms with van der Waals surface area (Å²) < 4.78 is 12.1. The van der Waals surface area contributed by atoms with E-state index in [-0.39, 0.29) is 25.0 Å². The van der Waals surface area contributed by atoms with Crippen molar-refractivity contribution >= 4 is 23.6 Å². The molecule has 0 saturated heterocycles. The summed E-state index contributed by atoms with van der Waals surface area (Å²) in [6.45, 7) is 13.4. The van der Waals surface area contributed by atoms with E-state index in [0.717, 1.165) is 60.8 Å². The van der Waals surface area contributed by atoms with Gasteiger partial charge >= 0.3 is 0 Å². The second kappa shape index (κ2) is 27.0. The predicted molar refractivity (Wildman–Crippen MR) is 216 cm³/mol. The molecule has 2 aromatic carbocycles. The first-order chi connectivity index (χ1) is 26.2. The molecule has 8 N–H and O–H groups in total. The van der Waals surface area contributed by atoms with Crippen LogP contribution in [0.4, 0.5) is 0 Å². The van der Waals surface area contributed by atoms with Crippen molar-refractivity contribution in [3.8, 4) is 22.6 Å². The topological polar surface area (TPSA) is 187 Å². The molecule has 0 aliphatic carbocycles. The fourth-order valence-corrected chi connectivity index (χ4v) is 5.73. The van der Waals surface area contributed by atoms with Crippen molar-refractivity contribution in [3.63, 3.8) is 0 Å². The second-order valence-electron chi connectivity index (χ2n) is 13.3. The lowest BCUT2D eigenvalue weighted by Crippen LogP contribution is -2.48. The van der Waals surface area contributed by atoms with E-state index >= 15 is 0 Å². The Hall–Kier alpha value is -4.68. The van der Waals surface area contributed by atoms with Gasteiger partial charge in [-0.05, 0) is 118 Å². The lowest BCUT2D eigenvalue weighted by molar-refractivity contribution is -0.130. The SMILES string of the molecule is C=CCc1ccc(OCC(=O)NC(CCCCN)C(=O)NCCCC)c(-c2ccc(OCC(=O)NC(CCCCN)C(=O)NCCCC)c(CC=C)c2)c1. The van der Waals surface area contributed by atoms with Crippen LogP contribution < -0.4 is 42.2 Å².